The van der Waals surface area contributed by atoms with Crippen LogP contribution in [0.3, 0.4) is 0 Å². The molecule has 0 aliphatic heterocycles. The maximum Gasteiger partial charge on any atom is 0.227 e. The molecule has 9 aromatic carbocycles. The van der Waals surface area contributed by atoms with E-state index in [1.54, 1.807) is 0 Å². The second-order valence-corrected chi connectivity index (χ2v) is 14.0. The molecule has 0 atom stereocenters. The predicted molar refractivity (Wildman–Crippen MR) is 229 cm³/mol. The maximum absolute atomic E-state index is 6.73. The zero-order chi connectivity index (χ0) is 36.3. The molecule has 0 radical (unpaired) electrons. The van der Waals surface area contributed by atoms with E-state index in [1.165, 1.54) is 38.0 Å². The van der Waals surface area contributed by atoms with E-state index in [4.69, 9.17) is 9.40 Å². The summed E-state index contributed by atoms with van der Waals surface area (Å²) in [7, 11) is 0. The van der Waals surface area contributed by atoms with Gasteiger partial charge in [0.05, 0.1) is 22.4 Å². The van der Waals surface area contributed by atoms with E-state index in [-0.39, 0.29) is 0 Å². The van der Waals surface area contributed by atoms with E-state index < -0.39 is 0 Å². The first-order chi connectivity index (χ1) is 27.3. The molecule has 258 valence electrons. The van der Waals surface area contributed by atoms with Crippen LogP contribution < -0.4 is 4.90 Å². The van der Waals surface area contributed by atoms with Gasteiger partial charge in [-0.1, -0.05) is 140 Å². The predicted octanol–water partition coefficient (Wildman–Crippen LogP) is 14.0. The second kappa shape index (κ2) is 12.6. The van der Waals surface area contributed by atoms with Crippen LogP contribution in [-0.2, 0) is 0 Å². The van der Waals surface area contributed by atoms with Crippen LogP contribution in [0.5, 0.6) is 0 Å². The summed E-state index contributed by atoms with van der Waals surface area (Å²) in [4.78, 5) is 7.34. The topological polar surface area (TPSA) is 34.2 Å². The van der Waals surface area contributed by atoms with Gasteiger partial charge in [0.25, 0.3) is 0 Å². The highest BCUT2D eigenvalue weighted by Crippen LogP contribution is 2.47. The number of fused-ring (bicyclic) bond motifs is 7. The lowest BCUT2D eigenvalue weighted by atomic mass is 10.00. The summed E-state index contributed by atoms with van der Waals surface area (Å²) in [6.07, 6.45) is 0. The minimum Gasteiger partial charge on any atom is -0.434 e. The molecule has 0 aliphatic rings. The fourth-order valence-electron chi connectivity index (χ4n) is 8.25. The van der Waals surface area contributed by atoms with Gasteiger partial charge >= 0.3 is 0 Å². The molecule has 0 unspecified atom stereocenters. The Balaban J connectivity index is 1.22. The fraction of sp³-hybridized carbons (Fsp3) is 0. The first-order valence-electron chi connectivity index (χ1n) is 18.6. The van der Waals surface area contributed by atoms with E-state index in [0.717, 1.165) is 55.9 Å². The van der Waals surface area contributed by atoms with Crippen molar-refractivity contribution < 1.29 is 4.42 Å². The van der Waals surface area contributed by atoms with Crippen molar-refractivity contribution in [2.45, 2.75) is 0 Å². The lowest BCUT2D eigenvalue weighted by Gasteiger charge is -2.27. The summed E-state index contributed by atoms with van der Waals surface area (Å²) in [5, 5.41) is 7.20. The Morgan fingerprint density at radius 3 is 1.89 bits per heavy atom. The molecule has 0 saturated heterocycles. The van der Waals surface area contributed by atoms with Crippen LogP contribution in [0.4, 0.5) is 17.1 Å². The van der Waals surface area contributed by atoms with Crippen molar-refractivity contribution in [3.8, 4) is 28.3 Å². The van der Waals surface area contributed by atoms with Crippen LogP contribution in [0.1, 0.15) is 0 Å². The number of hydrogen-bond acceptors (Lipinski definition) is 3. The molecule has 11 rings (SSSR count). The van der Waals surface area contributed by atoms with E-state index in [0.29, 0.717) is 5.89 Å². The smallest absolute Gasteiger partial charge is 0.227 e. The number of nitrogens with zero attached hydrogens (tertiary/aromatic N) is 3. The number of benzene rings is 9. The van der Waals surface area contributed by atoms with Gasteiger partial charge in [-0.2, -0.15) is 0 Å². The van der Waals surface area contributed by atoms with E-state index in [1.807, 2.05) is 36.4 Å². The van der Waals surface area contributed by atoms with Gasteiger partial charge in [0.15, 0.2) is 5.58 Å². The van der Waals surface area contributed by atoms with Crippen LogP contribution >= 0.6 is 0 Å². The zero-order valence-electron chi connectivity index (χ0n) is 29.8. The Morgan fingerprint density at radius 2 is 1.09 bits per heavy atom. The van der Waals surface area contributed by atoms with Crippen molar-refractivity contribution in [1.29, 1.82) is 0 Å². The van der Waals surface area contributed by atoms with Gasteiger partial charge < -0.3 is 13.9 Å². The minimum atomic E-state index is 0.596. The van der Waals surface area contributed by atoms with Gasteiger partial charge in [-0.15, -0.1) is 0 Å². The Hall–Kier alpha value is -7.43. The summed E-state index contributed by atoms with van der Waals surface area (Å²) in [5.74, 6) is 0.596. The van der Waals surface area contributed by atoms with Crippen molar-refractivity contribution in [2.24, 2.45) is 0 Å². The van der Waals surface area contributed by atoms with Crippen molar-refractivity contribution >= 4 is 71.5 Å². The van der Waals surface area contributed by atoms with E-state index in [2.05, 4.69) is 173 Å². The molecule has 0 amide bonds. The van der Waals surface area contributed by atoms with Crippen LogP contribution in [0.15, 0.2) is 205 Å². The third-order valence-electron chi connectivity index (χ3n) is 10.8. The monoisotopic (exact) mass is 703 g/mol. The molecular weight excluding hydrogens is 671 g/mol. The molecule has 0 spiro atoms. The standard InChI is InChI=1S/C51H33N3O/c1-3-14-34(15-4-1)36-26-29-39(30-27-36)53(46-25-13-23-44-50(46)55-51(52-44)37-17-5-2-6-18-37)47-33-48-49(42-21-10-9-20-41(42)47)43-22-11-12-24-45(43)54(48)40-31-28-35-16-7-8-19-38(35)32-40/h1-33H. The van der Waals surface area contributed by atoms with Gasteiger partial charge in [0.2, 0.25) is 5.89 Å². The summed E-state index contributed by atoms with van der Waals surface area (Å²) >= 11 is 0. The van der Waals surface area contributed by atoms with Gasteiger partial charge in [-0.05, 0) is 87.9 Å². The highest BCUT2D eigenvalue weighted by Gasteiger charge is 2.24. The molecule has 0 aliphatic carbocycles. The Bertz CT molecular complexity index is 3200. The molecule has 55 heavy (non-hydrogen) atoms. The van der Waals surface area contributed by atoms with Crippen LogP contribution in [-0.4, -0.2) is 9.55 Å². The van der Waals surface area contributed by atoms with Crippen molar-refractivity contribution in [3.05, 3.63) is 200 Å². The quantitative estimate of drug-likeness (QED) is 0.173. The van der Waals surface area contributed by atoms with Gasteiger partial charge in [0.1, 0.15) is 5.52 Å². The molecule has 2 aromatic heterocycles. The molecule has 0 saturated carbocycles. The van der Waals surface area contributed by atoms with E-state index in [9.17, 15) is 0 Å². The summed E-state index contributed by atoms with van der Waals surface area (Å²) in [5.41, 5.74) is 11.2. The SMILES string of the molecule is c1ccc(-c2ccc(N(c3cc4c(c5ccccc35)c3ccccc3n4-c3ccc4ccccc4c3)c3cccc4nc(-c5ccccc5)oc34)cc2)cc1. The van der Waals surface area contributed by atoms with E-state index >= 15 is 0 Å². The lowest BCUT2D eigenvalue weighted by Crippen LogP contribution is -2.11. The van der Waals surface area contributed by atoms with Gasteiger partial charge in [0, 0.05) is 33.1 Å². The Labute approximate surface area is 317 Å². The molecular formula is C51H33N3O. The second-order valence-electron chi connectivity index (χ2n) is 14.0. The number of rotatable bonds is 6. The molecule has 0 N–H and O–H groups in total. The number of anilines is 3. The van der Waals surface area contributed by atoms with Gasteiger partial charge in [-0.3, -0.25) is 0 Å². The number of hydrogen-bond donors (Lipinski definition) is 0. The molecule has 11 aromatic rings. The Kier molecular flexibility index (Phi) is 7.14. The third kappa shape index (κ3) is 5.11. The zero-order valence-corrected chi connectivity index (χ0v) is 29.8. The van der Waals surface area contributed by atoms with Crippen molar-refractivity contribution in [2.75, 3.05) is 4.90 Å². The molecule has 4 nitrogen and oxygen atoms in total. The third-order valence-corrected chi connectivity index (χ3v) is 10.8. The molecule has 4 heteroatoms. The molecule has 0 bridgehead atoms. The number of aromatic nitrogens is 2. The van der Waals surface area contributed by atoms with Crippen LogP contribution in [0.2, 0.25) is 0 Å². The highest BCUT2D eigenvalue weighted by atomic mass is 16.3. The summed E-state index contributed by atoms with van der Waals surface area (Å²) in [6.45, 7) is 0. The van der Waals surface area contributed by atoms with Crippen LogP contribution in [0.25, 0.3) is 82.7 Å². The summed E-state index contributed by atoms with van der Waals surface area (Å²) in [6, 6.07) is 71.0. The maximum atomic E-state index is 6.73. The van der Waals surface area contributed by atoms with Crippen molar-refractivity contribution in [1.82, 2.24) is 9.55 Å². The number of oxazole rings is 1. The minimum absolute atomic E-state index is 0.596. The first-order valence-corrected chi connectivity index (χ1v) is 18.6. The highest BCUT2D eigenvalue weighted by molar-refractivity contribution is 6.25. The first kappa shape index (κ1) is 31.1. The fourth-order valence-corrected chi connectivity index (χ4v) is 8.25. The normalized spacial score (nSPS) is 11.6. The average molecular weight is 704 g/mol. The van der Waals surface area contributed by atoms with Crippen LogP contribution in [0, 0.1) is 0 Å². The average Bonchev–Trinajstić information content (AvgIpc) is 3.85. The van der Waals surface area contributed by atoms with Crippen molar-refractivity contribution in [3.63, 3.8) is 0 Å². The lowest BCUT2D eigenvalue weighted by molar-refractivity contribution is 0.620. The number of para-hydroxylation sites is 2. The Morgan fingerprint density at radius 1 is 0.436 bits per heavy atom. The summed E-state index contributed by atoms with van der Waals surface area (Å²) < 4.78 is 9.15. The molecule has 2 heterocycles. The largest absolute Gasteiger partial charge is 0.434 e. The molecule has 0 fully saturated rings. The van der Waals surface area contributed by atoms with Gasteiger partial charge in [-0.25, -0.2) is 4.98 Å².